The van der Waals surface area contributed by atoms with Gasteiger partial charge in [0.05, 0.1) is 6.67 Å². The molecule has 0 atom stereocenters. The zero-order chi connectivity index (χ0) is 14.4. The number of unbranched alkanes of at least 4 members (excludes halogenated alkanes) is 1. The molecule has 1 aliphatic rings. The average Bonchev–Trinajstić information content (AvgIpc) is 2.59. The normalized spacial score (nSPS) is 15.7. The summed E-state index contributed by atoms with van der Waals surface area (Å²) in [5, 5.41) is 0. The predicted molar refractivity (Wildman–Crippen MR) is 61.0 cm³/mol. The van der Waals surface area contributed by atoms with Gasteiger partial charge >= 0.3 is 15.6 Å². The molecule has 0 aromatic rings. The fourth-order valence-corrected chi connectivity index (χ4v) is 1.10. The summed E-state index contributed by atoms with van der Waals surface area (Å²) in [4.78, 5) is 4.53. The van der Waals surface area contributed by atoms with Crippen molar-refractivity contribution in [2.45, 2.75) is 25.3 Å². The van der Waals surface area contributed by atoms with Crippen molar-refractivity contribution in [3.63, 3.8) is 0 Å². The van der Waals surface area contributed by atoms with Crippen LogP contribution in [0.4, 0.5) is 13.2 Å². The van der Waals surface area contributed by atoms with Gasteiger partial charge in [-0.25, -0.2) is 0 Å². The molecule has 18 heavy (non-hydrogen) atoms. The fourth-order valence-electron chi connectivity index (χ4n) is 1.10. The Labute approximate surface area is 105 Å². The van der Waals surface area contributed by atoms with Crippen LogP contribution in [0.1, 0.15) is 19.8 Å². The van der Waals surface area contributed by atoms with Gasteiger partial charge in [0.2, 0.25) is 0 Å². The molecule has 0 radical (unpaired) electrons. The molecule has 1 aliphatic heterocycles. The highest BCUT2D eigenvalue weighted by molar-refractivity contribution is 7.86. The first-order valence-corrected chi connectivity index (χ1v) is 6.68. The molecule has 9 heteroatoms. The molecule has 0 saturated carbocycles. The SMILES string of the molecule is CCCCN1C=CN(C)C1.O=S(=O)(O)C(F)(F)F. The molecule has 0 aromatic carbocycles. The van der Waals surface area contributed by atoms with Crippen LogP contribution in [0.5, 0.6) is 0 Å². The van der Waals surface area contributed by atoms with E-state index in [9.17, 15) is 13.2 Å². The summed E-state index contributed by atoms with van der Waals surface area (Å²) in [6.07, 6.45) is 6.87. The minimum Gasteiger partial charge on any atom is -0.362 e. The fraction of sp³-hybridized carbons (Fsp3) is 0.778. The summed E-state index contributed by atoms with van der Waals surface area (Å²) in [6.45, 7) is 4.50. The van der Waals surface area contributed by atoms with Crippen LogP contribution < -0.4 is 0 Å². The highest BCUT2D eigenvalue weighted by Gasteiger charge is 2.44. The van der Waals surface area contributed by atoms with Crippen LogP contribution in [-0.2, 0) is 10.1 Å². The maximum absolute atomic E-state index is 10.7. The second-order valence-corrected chi connectivity index (χ2v) is 5.20. The van der Waals surface area contributed by atoms with Gasteiger partial charge in [0.15, 0.2) is 0 Å². The molecule has 0 unspecified atom stereocenters. The van der Waals surface area contributed by atoms with Gasteiger partial charge in [-0.15, -0.1) is 0 Å². The van der Waals surface area contributed by atoms with Crippen LogP contribution in [-0.4, -0.2) is 48.5 Å². The largest absolute Gasteiger partial charge is 0.522 e. The van der Waals surface area contributed by atoms with Crippen molar-refractivity contribution in [2.75, 3.05) is 20.3 Å². The number of rotatable bonds is 3. The molecule has 0 spiro atoms. The van der Waals surface area contributed by atoms with Crippen LogP contribution in [0.15, 0.2) is 12.4 Å². The molecule has 1 rings (SSSR count). The third-order valence-corrected chi connectivity index (χ3v) is 2.61. The zero-order valence-electron chi connectivity index (χ0n) is 10.2. The van der Waals surface area contributed by atoms with Crippen LogP contribution in [0.2, 0.25) is 0 Å². The maximum atomic E-state index is 10.7. The smallest absolute Gasteiger partial charge is 0.362 e. The van der Waals surface area contributed by atoms with Gasteiger partial charge in [-0.2, -0.15) is 21.6 Å². The topological polar surface area (TPSA) is 60.9 Å². The lowest BCUT2D eigenvalue weighted by molar-refractivity contribution is -0.0510. The van der Waals surface area contributed by atoms with Crippen LogP contribution in [0.3, 0.4) is 0 Å². The summed E-state index contributed by atoms with van der Waals surface area (Å²) in [5.41, 5.74) is -5.53. The van der Waals surface area contributed by atoms with E-state index in [-0.39, 0.29) is 0 Å². The second-order valence-electron chi connectivity index (χ2n) is 3.78. The standard InChI is InChI=1S/C8H16N2.CHF3O3S/c1-3-4-5-10-7-6-9(2)8-10;2-1(3,4)8(5,6)7/h6-7H,3-5,8H2,1-2H3;(H,5,6,7). The summed E-state index contributed by atoms with van der Waals surface area (Å²) in [5.74, 6) is 0. The van der Waals surface area contributed by atoms with E-state index in [2.05, 4.69) is 36.2 Å². The van der Waals surface area contributed by atoms with Gasteiger partial charge < -0.3 is 9.80 Å². The van der Waals surface area contributed by atoms with Crippen molar-refractivity contribution in [2.24, 2.45) is 0 Å². The first-order valence-electron chi connectivity index (χ1n) is 5.24. The number of alkyl halides is 3. The van der Waals surface area contributed by atoms with E-state index in [1.165, 1.54) is 19.4 Å². The lowest BCUT2D eigenvalue weighted by Crippen LogP contribution is -2.23. The Morgan fingerprint density at radius 1 is 1.33 bits per heavy atom. The van der Waals surface area contributed by atoms with E-state index in [4.69, 9.17) is 13.0 Å². The molecule has 108 valence electrons. The number of hydrogen-bond acceptors (Lipinski definition) is 4. The van der Waals surface area contributed by atoms with Gasteiger partial charge in [0.1, 0.15) is 0 Å². The minimum absolute atomic E-state index is 1.07. The van der Waals surface area contributed by atoms with Gasteiger partial charge in [0, 0.05) is 26.0 Å². The highest BCUT2D eigenvalue weighted by Crippen LogP contribution is 2.20. The summed E-state index contributed by atoms with van der Waals surface area (Å²) < 4.78 is 57.5. The lowest BCUT2D eigenvalue weighted by Gasteiger charge is -2.17. The van der Waals surface area contributed by atoms with E-state index in [1.54, 1.807) is 0 Å². The van der Waals surface area contributed by atoms with Gasteiger partial charge in [-0.3, -0.25) is 4.55 Å². The first kappa shape index (κ1) is 17.0. The Bertz CT molecular complexity index is 368. The van der Waals surface area contributed by atoms with Gasteiger partial charge in [-0.1, -0.05) is 13.3 Å². The van der Waals surface area contributed by atoms with Crippen molar-refractivity contribution >= 4 is 10.1 Å². The van der Waals surface area contributed by atoms with E-state index in [0.717, 1.165) is 6.67 Å². The number of halogens is 3. The number of nitrogens with zero attached hydrogens (tertiary/aromatic N) is 2. The molecule has 0 bridgehead atoms. The molecule has 1 heterocycles. The number of hydrogen-bond donors (Lipinski definition) is 1. The van der Waals surface area contributed by atoms with E-state index >= 15 is 0 Å². The van der Waals surface area contributed by atoms with Crippen molar-refractivity contribution < 1.29 is 26.1 Å². The third-order valence-electron chi connectivity index (χ3n) is 2.03. The van der Waals surface area contributed by atoms with Crippen molar-refractivity contribution in [3.8, 4) is 0 Å². The van der Waals surface area contributed by atoms with Crippen LogP contribution in [0.25, 0.3) is 0 Å². The Balaban J connectivity index is 0.000000331. The highest BCUT2D eigenvalue weighted by atomic mass is 32.2. The lowest BCUT2D eigenvalue weighted by atomic mass is 10.3. The van der Waals surface area contributed by atoms with Crippen molar-refractivity contribution in [1.29, 1.82) is 0 Å². The first-order chi connectivity index (χ1) is 8.08. The van der Waals surface area contributed by atoms with Gasteiger partial charge in [0.25, 0.3) is 0 Å². The van der Waals surface area contributed by atoms with Gasteiger partial charge in [-0.05, 0) is 6.42 Å². The van der Waals surface area contributed by atoms with Crippen LogP contribution in [0, 0.1) is 0 Å². The molecule has 5 nitrogen and oxygen atoms in total. The summed E-state index contributed by atoms with van der Waals surface area (Å²) in [6, 6.07) is 0. The quantitative estimate of drug-likeness (QED) is 0.635. The van der Waals surface area contributed by atoms with Crippen molar-refractivity contribution in [1.82, 2.24) is 9.80 Å². The Morgan fingerprint density at radius 3 is 2.11 bits per heavy atom. The molecular weight excluding hydrogens is 273 g/mol. The minimum atomic E-state index is -5.84. The molecule has 0 aromatic heterocycles. The molecule has 0 fully saturated rings. The molecular formula is C9H17F3N2O3S. The Kier molecular flexibility index (Phi) is 6.47. The molecule has 0 saturated heterocycles. The van der Waals surface area contributed by atoms with Crippen LogP contribution >= 0.6 is 0 Å². The Morgan fingerprint density at radius 2 is 1.83 bits per heavy atom. The molecule has 0 amide bonds. The Hall–Kier alpha value is -0.960. The monoisotopic (exact) mass is 290 g/mol. The molecule has 1 N–H and O–H groups in total. The zero-order valence-corrected chi connectivity index (χ0v) is 11.0. The third kappa shape index (κ3) is 6.70. The summed E-state index contributed by atoms with van der Waals surface area (Å²) >= 11 is 0. The predicted octanol–water partition coefficient (Wildman–Crippen LogP) is 1.86. The van der Waals surface area contributed by atoms with E-state index < -0.39 is 15.6 Å². The van der Waals surface area contributed by atoms with E-state index in [1.807, 2.05) is 0 Å². The summed E-state index contributed by atoms with van der Waals surface area (Å²) in [7, 11) is -3.74. The van der Waals surface area contributed by atoms with Crippen molar-refractivity contribution in [3.05, 3.63) is 12.4 Å². The molecule has 0 aliphatic carbocycles. The maximum Gasteiger partial charge on any atom is 0.522 e. The average molecular weight is 290 g/mol. The van der Waals surface area contributed by atoms with E-state index in [0.29, 0.717) is 0 Å². The second kappa shape index (κ2) is 6.83.